The van der Waals surface area contributed by atoms with Gasteiger partial charge >= 0.3 is 6.03 Å². The molecule has 1 fully saturated rings. The normalized spacial score (nSPS) is 19.9. The molecule has 2 amide bonds. The van der Waals surface area contributed by atoms with Crippen molar-refractivity contribution in [3.63, 3.8) is 0 Å². The van der Waals surface area contributed by atoms with Crippen LogP contribution in [-0.2, 0) is 0 Å². The average Bonchev–Trinajstić information content (AvgIpc) is 2.59. The van der Waals surface area contributed by atoms with Crippen molar-refractivity contribution in [2.24, 2.45) is 0 Å². The van der Waals surface area contributed by atoms with Crippen LogP contribution >= 0.6 is 0 Å². The number of nitrogens with zero attached hydrogens (tertiary/aromatic N) is 2. The van der Waals surface area contributed by atoms with Crippen LogP contribution in [-0.4, -0.2) is 43.1 Å². The topological polar surface area (TPSA) is 32.8 Å². The second-order valence-electron chi connectivity index (χ2n) is 4.29. The summed E-state index contributed by atoms with van der Waals surface area (Å²) in [6.07, 6.45) is 0. The third-order valence-electron chi connectivity index (χ3n) is 3.12. The Morgan fingerprint density at radius 3 is 2.41 bits per heavy atom. The van der Waals surface area contributed by atoms with E-state index in [0.717, 1.165) is 17.9 Å². The van der Waals surface area contributed by atoms with Crippen LogP contribution in [0.2, 0.25) is 0 Å². The average molecular weight is 234 g/mol. The maximum Gasteiger partial charge on any atom is 0.320 e. The Balaban J connectivity index is 2.15. The van der Waals surface area contributed by atoms with Crippen LogP contribution in [0, 0.1) is 0 Å². The summed E-state index contributed by atoms with van der Waals surface area (Å²) in [6, 6.07) is 8.18. The van der Waals surface area contributed by atoms with Crippen molar-refractivity contribution in [2.45, 2.75) is 13.0 Å². The second-order valence-corrected chi connectivity index (χ2v) is 4.29. The highest BCUT2D eigenvalue weighted by Crippen LogP contribution is 2.28. The lowest BCUT2D eigenvalue weighted by atomic mass is 10.1. The Labute approximate surface area is 102 Å². The second kappa shape index (κ2) is 4.65. The van der Waals surface area contributed by atoms with Crippen molar-refractivity contribution >= 4 is 6.03 Å². The molecule has 1 aliphatic rings. The Morgan fingerprint density at radius 2 is 1.94 bits per heavy atom. The van der Waals surface area contributed by atoms with E-state index in [0.29, 0.717) is 6.61 Å². The van der Waals surface area contributed by atoms with Crippen molar-refractivity contribution in [1.29, 1.82) is 0 Å². The molecule has 0 bridgehead atoms. The largest absolute Gasteiger partial charge is 0.494 e. The summed E-state index contributed by atoms with van der Waals surface area (Å²) in [5.41, 5.74) is 1.15. The molecule has 1 aromatic carbocycles. The standard InChI is InChI=1S/C13H18N2O2/c1-4-17-11-7-5-10(6-8-11)12-9-14(2)13(16)15(12)3/h5-8,12H,4,9H2,1-3H3. The molecule has 0 saturated carbocycles. The van der Waals surface area contributed by atoms with Crippen LogP contribution in [0.1, 0.15) is 18.5 Å². The molecule has 0 N–H and O–H groups in total. The highest BCUT2D eigenvalue weighted by Gasteiger charge is 2.32. The number of carbonyl (C=O) groups is 1. The molecule has 2 rings (SSSR count). The van der Waals surface area contributed by atoms with E-state index in [1.165, 1.54) is 0 Å². The SMILES string of the molecule is CCOc1ccc(C2CN(C)C(=O)N2C)cc1. The van der Waals surface area contributed by atoms with Crippen LogP contribution in [0.5, 0.6) is 5.75 Å². The first-order chi connectivity index (χ1) is 8.13. The first kappa shape index (κ1) is 11.8. The molecule has 0 aromatic heterocycles. The van der Waals surface area contributed by atoms with Crippen molar-refractivity contribution in [3.05, 3.63) is 29.8 Å². The Bertz CT molecular complexity index is 402. The van der Waals surface area contributed by atoms with E-state index in [1.54, 1.807) is 9.80 Å². The molecule has 0 radical (unpaired) electrons. The molecule has 1 heterocycles. The van der Waals surface area contributed by atoms with Crippen molar-refractivity contribution in [1.82, 2.24) is 9.80 Å². The summed E-state index contributed by atoms with van der Waals surface area (Å²) in [6.45, 7) is 3.37. The number of rotatable bonds is 3. The third kappa shape index (κ3) is 2.20. The van der Waals surface area contributed by atoms with Gasteiger partial charge in [0.1, 0.15) is 5.75 Å². The van der Waals surface area contributed by atoms with Crippen LogP contribution in [0.4, 0.5) is 4.79 Å². The zero-order valence-electron chi connectivity index (χ0n) is 10.5. The van der Waals surface area contributed by atoms with E-state index in [2.05, 4.69) is 0 Å². The molecule has 0 spiro atoms. The molecule has 1 unspecified atom stereocenters. The molecule has 1 saturated heterocycles. The monoisotopic (exact) mass is 234 g/mol. The van der Waals surface area contributed by atoms with Crippen molar-refractivity contribution in [3.8, 4) is 5.75 Å². The van der Waals surface area contributed by atoms with Crippen LogP contribution in [0.3, 0.4) is 0 Å². The van der Waals surface area contributed by atoms with Gasteiger partial charge in [-0.15, -0.1) is 0 Å². The van der Waals surface area contributed by atoms with Gasteiger partial charge in [-0.05, 0) is 24.6 Å². The number of ether oxygens (including phenoxy) is 1. The zero-order chi connectivity index (χ0) is 12.4. The summed E-state index contributed by atoms with van der Waals surface area (Å²) >= 11 is 0. The van der Waals surface area contributed by atoms with Crippen molar-refractivity contribution < 1.29 is 9.53 Å². The van der Waals surface area contributed by atoms with Gasteiger partial charge in [0.05, 0.1) is 12.6 Å². The predicted molar refractivity (Wildman–Crippen MR) is 66.1 cm³/mol. The highest BCUT2D eigenvalue weighted by atomic mass is 16.5. The van der Waals surface area contributed by atoms with E-state index < -0.39 is 0 Å². The number of hydrogen-bond acceptors (Lipinski definition) is 2. The number of hydrogen-bond donors (Lipinski definition) is 0. The van der Waals surface area contributed by atoms with Crippen LogP contribution in [0.15, 0.2) is 24.3 Å². The number of likely N-dealkylation sites (N-methyl/N-ethyl adjacent to an activating group) is 2. The van der Waals surface area contributed by atoms with Gasteiger partial charge in [-0.3, -0.25) is 0 Å². The number of urea groups is 1. The summed E-state index contributed by atoms with van der Waals surface area (Å²) < 4.78 is 5.40. The van der Waals surface area contributed by atoms with E-state index in [-0.39, 0.29) is 12.1 Å². The maximum absolute atomic E-state index is 11.7. The van der Waals surface area contributed by atoms with E-state index in [9.17, 15) is 4.79 Å². The fourth-order valence-corrected chi connectivity index (χ4v) is 2.14. The lowest BCUT2D eigenvalue weighted by molar-refractivity contribution is 0.201. The van der Waals surface area contributed by atoms with Gasteiger partial charge in [0.2, 0.25) is 0 Å². The molecular formula is C13H18N2O2. The van der Waals surface area contributed by atoms with Gasteiger partial charge in [0.25, 0.3) is 0 Å². The summed E-state index contributed by atoms with van der Waals surface area (Å²) in [7, 11) is 3.67. The number of benzene rings is 1. The van der Waals surface area contributed by atoms with Gasteiger partial charge in [-0.1, -0.05) is 12.1 Å². The molecule has 1 aliphatic heterocycles. The molecule has 17 heavy (non-hydrogen) atoms. The minimum atomic E-state index is 0.0730. The Hall–Kier alpha value is -1.71. The quantitative estimate of drug-likeness (QED) is 0.802. The fraction of sp³-hybridized carbons (Fsp3) is 0.462. The lowest BCUT2D eigenvalue weighted by Crippen LogP contribution is -2.26. The molecule has 1 atom stereocenters. The van der Waals surface area contributed by atoms with E-state index >= 15 is 0 Å². The minimum absolute atomic E-state index is 0.0730. The van der Waals surface area contributed by atoms with Crippen LogP contribution < -0.4 is 4.74 Å². The predicted octanol–water partition coefficient (Wildman–Crippen LogP) is 2.12. The van der Waals surface area contributed by atoms with E-state index in [1.807, 2.05) is 45.3 Å². The Kier molecular flexibility index (Phi) is 3.22. The first-order valence-electron chi connectivity index (χ1n) is 5.84. The molecule has 4 nitrogen and oxygen atoms in total. The molecule has 1 aromatic rings. The van der Waals surface area contributed by atoms with Gasteiger partial charge < -0.3 is 14.5 Å². The summed E-state index contributed by atoms with van der Waals surface area (Å²) in [5, 5.41) is 0. The molecule has 0 aliphatic carbocycles. The maximum atomic E-state index is 11.7. The fourth-order valence-electron chi connectivity index (χ4n) is 2.14. The summed E-state index contributed by atoms with van der Waals surface area (Å²) in [4.78, 5) is 15.2. The Morgan fingerprint density at radius 1 is 1.29 bits per heavy atom. The lowest BCUT2D eigenvalue weighted by Gasteiger charge is -2.18. The molecule has 92 valence electrons. The highest BCUT2D eigenvalue weighted by molar-refractivity contribution is 5.76. The molecular weight excluding hydrogens is 216 g/mol. The smallest absolute Gasteiger partial charge is 0.320 e. The van der Waals surface area contributed by atoms with E-state index in [4.69, 9.17) is 4.74 Å². The first-order valence-corrected chi connectivity index (χ1v) is 5.84. The number of amides is 2. The van der Waals surface area contributed by atoms with Crippen LogP contribution in [0.25, 0.3) is 0 Å². The summed E-state index contributed by atoms with van der Waals surface area (Å²) in [5.74, 6) is 0.872. The third-order valence-corrected chi connectivity index (χ3v) is 3.12. The van der Waals surface area contributed by atoms with Gasteiger partial charge in [0, 0.05) is 20.6 Å². The molecule has 4 heteroatoms. The van der Waals surface area contributed by atoms with Gasteiger partial charge in [0.15, 0.2) is 0 Å². The zero-order valence-corrected chi connectivity index (χ0v) is 10.5. The van der Waals surface area contributed by atoms with Gasteiger partial charge in [-0.2, -0.15) is 0 Å². The van der Waals surface area contributed by atoms with Crippen molar-refractivity contribution in [2.75, 3.05) is 27.2 Å². The number of carbonyl (C=O) groups excluding carboxylic acids is 1. The minimum Gasteiger partial charge on any atom is -0.494 e. The van der Waals surface area contributed by atoms with Gasteiger partial charge in [-0.25, -0.2) is 4.79 Å².